The van der Waals surface area contributed by atoms with E-state index >= 15 is 0 Å². The first-order valence-corrected chi connectivity index (χ1v) is 6.88. The van der Waals surface area contributed by atoms with Gasteiger partial charge in [-0.3, -0.25) is 0 Å². The Labute approximate surface area is 119 Å². The quantitative estimate of drug-likeness (QED) is 0.790. The molecule has 0 radical (unpaired) electrons. The molecule has 5 heteroatoms. The van der Waals surface area contributed by atoms with Gasteiger partial charge in [0, 0.05) is 25.5 Å². The summed E-state index contributed by atoms with van der Waals surface area (Å²) >= 11 is 0. The van der Waals surface area contributed by atoms with Crippen molar-refractivity contribution in [3.63, 3.8) is 0 Å². The monoisotopic (exact) mass is 275 g/mol. The number of carbonyl (C=O) groups excluding carboxylic acids is 1. The van der Waals surface area contributed by atoms with E-state index in [0.29, 0.717) is 12.4 Å². The molecule has 108 valence electrons. The lowest BCUT2D eigenvalue weighted by Crippen LogP contribution is -2.40. The predicted octanol–water partition coefficient (Wildman–Crippen LogP) is 2.89. The van der Waals surface area contributed by atoms with Crippen molar-refractivity contribution >= 4 is 12.2 Å². The molecule has 1 aliphatic heterocycles. The normalized spacial score (nSPS) is 18.1. The van der Waals surface area contributed by atoms with Crippen LogP contribution in [0.5, 0.6) is 0 Å². The molecule has 0 bridgehead atoms. The van der Waals surface area contributed by atoms with Gasteiger partial charge in [-0.2, -0.15) is 0 Å². The third kappa shape index (κ3) is 4.33. The fourth-order valence-corrected chi connectivity index (χ4v) is 2.07. The van der Waals surface area contributed by atoms with Gasteiger partial charge < -0.3 is 9.64 Å². The summed E-state index contributed by atoms with van der Waals surface area (Å²) in [6.07, 6.45) is 7.05. The fourth-order valence-electron chi connectivity index (χ4n) is 2.07. The summed E-state index contributed by atoms with van der Waals surface area (Å²) < 4.78 is 5.40. The van der Waals surface area contributed by atoms with Crippen LogP contribution in [0.4, 0.5) is 4.79 Å². The fraction of sp³-hybridized carbons (Fsp3) is 0.533. The van der Waals surface area contributed by atoms with Crippen LogP contribution in [0, 0.1) is 0 Å². The first-order chi connectivity index (χ1) is 9.44. The molecule has 2 heterocycles. The van der Waals surface area contributed by atoms with Crippen molar-refractivity contribution < 1.29 is 9.53 Å². The topological polar surface area (TPSA) is 55.3 Å². The van der Waals surface area contributed by atoms with E-state index in [2.05, 4.69) is 9.97 Å². The van der Waals surface area contributed by atoms with Gasteiger partial charge in [-0.05, 0) is 51.3 Å². The number of ether oxygens (including phenoxy) is 1. The van der Waals surface area contributed by atoms with E-state index in [1.807, 2.05) is 26.8 Å². The maximum atomic E-state index is 12.1. The summed E-state index contributed by atoms with van der Waals surface area (Å²) in [6.45, 7) is 6.96. The molecule has 1 aliphatic rings. The Morgan fingerprint density at radius 3 is 2.70 bits per heavy atom. The number of amides is 1. The van der Waals surface area contributed by atoms with Gasteiger partial charge in [-0.15, -0.1) is 0 Å². The highest BCUT2D eigenvalue weighted by molar-refractivity contribution is 5.69. The van der Waals surface area contributed by atoms with Crippen LogP contribution in [-0.4, -0.2) is 39.7 Å². The number of piperidine rings is 1. The molecule has 20 heavy (non-hydrogen) atoms. The van der Waals surface area contributed by atoms with E-state index < -0.39 is 5.60 Å². The number of carbonyl (C=O) groups is 1. The molecule has 1 aromatic rings. The van der Waals surface area contributed by atoms with Crippen LogP contribution in [0.15, 0.2) is 24.0 Å². The van der Waals surface area contributed by atoms with Gasteiger partial charge in [-0.1, -0.05) is 0 Å². The molecule has 5 nitrogen and oxygen atoms in total. The maximum Gasteiger partial charge on any atom is 0.410 e. The highest BCUT2D eigenvalue weighted by Gasteiger charge is 2.24. The van der Waals surface area contributed by atoms with Crippen LogP contribution >= 0.6 is 0 Å². The summed E-state index contributed by atoms with van der Waals surface area (Å²) in [5.41, 5.74) is 0.703. The Hall–Kier alpha value is -1.91. The summed E-state index contributed by atoms with van der Waals surface area (Å²) in [5, 5.41) is 0. The summed E-state index contributed by atoms with van der Waals surface area (Å²) in [5.74, 6) is 0.688. The Morgan fingerprint density at radius 1 is 1.35 bits per heavy atom. The van der Waals surface area contributed by atoms with Crippen LogP contribution < -0.4 is 0 Å². The minimum absolute atomic E-state index is 0.253. The second-order valence-corrected chi connectivity index (χ2v) is 5.92. The van der Waals surface area contributed by atoms with E-state index in [-0.39, 0.29) is 6.09 Å². The van der Waals surface area contributed by atoms with Gasteiger partial charge in [0.25, 0.3) is 0 Å². The van der Waals surface area contributed by atoms with E-state index in [0.717, 1.165) is 25.0 Å². The average Bonchev–Trinajstić information content (AvgIpc) is 2.38. The smallest absolute Gasteiger partial charge is 0.410 e. The minimum Gasteiger partial charge on any atom is -0.444 e. The van der Waals surface area contributed by atoms with Gasteiger partial charge in [0.2, 0.25) is 0 Å². The lowest BCUT2D eigenvalue weighted by molar-refractivity contribution is 0.0247. The van der Waals surface area contributed by atoms with E-state index in [9.17, 15) is 4.79 Å². The summed E-state index contributed by atoms with van der Waals surface area (Å²) in [7, 11) is 0. The van der Waals surface area contributed by atoms with Crippen LogP contribution in [0.2, 0.25) is 0 Å². The largest absolute Gasteiger partial charge is 0.444 e. The molecule has 2 rings (SSSR count). The number of hydrogen-bond donors (Lipinski definition) is 0. The minimum atomic E-state index is -0.457. The third-order valence-electron chi connectivity index (χ3n) is 2.89. The van der Waals surface area contributed by atoms with Crippen LogP contribution in [0.1, 0.15) is 39.4 Å². The standard InChI is InChI=1S/C15H21N3O2/c1-15(2,3)20-14(19)18-9-4-6-12(11-18)10-13-16-7-5-8-17-13/h5,7-8,10H,4,6,9,11H2,1-3H3. The zero-order chi connectivity index (χ0) is 14.6. The number of rotatable bonds is 1. The average molecular weight is 275 g/mol. The van der Waals surface area contributed by atoms with Crippen molar-refractivity contribution in [3.05, 3.63) is 29.9 Å². The highest BCUT2D eigenvalue weighted by atomic mass is 16.6. The van der Waals surface area contributed by atoms with Crippen molar-refractivity contribution in [1.29, 1.82) is 0 Å². The molecule has 0 N–H and O–H groups in total. The SMILES string of the molecule is CC(C)(C)OC(=O)N1CCCC(=Cc2ncccn2)C1. The lowest BCUT2D eigenvalue weighted by Gasteiger charge is -2.31. The van der Waals surface area contributed by atoms with Crippen LogP contribution in [-0.2, 0) is 4.74 Å². The summed E-state index contributed by atoms with van der Waals surface area (Å²) in [6, 6.07) is 1.79. The number of hydrogen-bond acceptors (Lipinski definition) is 4. The van der Waals surface area contributed by atoms with Gasteiger partial charge in [0.15, 0.2) is 5.82 Å². The van der Waals surface area contributed by atoms with E-state index in [4.69, 9.17) is 4.74 Å². The first-order valence-electron chi connectivity index (χ1n) is 6.88. The molecule has 1 fully saturated rings. The Morgan fingerprint density at radius 2 is 2.05 bits per heavy atom. The third-order valence-corrected chi connectivity index (χ3v) is 2.89. The van der Waals surface area contributed by atoms with E-state index in [1.165, 1.54) is 0 Å². The number of nitrogens with zero attached hydrogens (tertiary/aromatic N) is 3. The Kier molecular flexibility index (Phi) is 4.37. The zero-order valence-electron chi connectivity index (χ0n) is 12.3. The van der Waals surface area contributed by atoms with Crippen molar-refractivity contribution in [3.8, 4) is 0 Å². The molecule has 0 atom stereocenters. The molecular weight excluding hydrogens is 254 g/mol. The molecule has 1 saturated heterocycles. The van der Waals surface area contributed by atoms with Crippen molar-refractivity contribution in [1.82, 2.24) is 14.9 Å². The maximum absolute atomic E-state index is 12.1. The summed E-state index contributed by atoms with van der Waals surface area (Å²) in [4.78, 5) is 22.2. The Bertz CT molecular complexity index is 492. The van der Waals surface area contributed by atoms with Crippen molar-refractivity contribution in [2.45, 2.75) is 39.2 Å². The molecule has 0 saturated carbocycles. The zero-order valence-corrected chi connectivity index (χ0v) is 12.3. The number of aromatic nitrogens is 2. The lowest BCUT2D eigenvalue weighted by atomic mass is 10.0. The van der Waals surface area contributed by atoms with E-state index in [1.54, 1.807) is 23.4 Å². The molecule has 1 aromatic heterocycles. The van der Waals surface area contributed by atoms with Gasteiger partial charge in [-0.25, -0.2) is 14.8 Å². The Balaban J connectivity index is 2.02. The molecule has 0 spiro atoms. The van der Waals surface area contributed by atoms with Crippen molar-refractivity contribution in [2.24, 2.45) is 0 Å². The predicted molar refractivity (Wildman–Crippen MR) is 77.1 cm³/mol. The van der Waals surface area contributed by atoms with Gasteiger partial charge in [0.05, 0.1) is 0 Å². The number of likely N-dealkylation sites (tertiary alicyclic amines) is 1. The first kappa shape index (κ1) is 14.5. The van der Waals surface area contributed by atoms with Gasteiger partial charge >= 0.3 is 6.09 Å². The molecule has 0 aromatic carbocycles. The highest BCUT2D eigenvalue weighted by Crippen LogP contribution is 2.19. The van der Waals surface area contributed by atoms with Gasteiger partial charge in [0.1, 0.15) is 5.60 Å². The molecular formula is C15H21N3O2. The van der Waals surface area contributed by atoms with Crippen LogP contribution in [0.25, 0.3) is 6.08 Å². The van der Waals surface area contributed by atoms with Crippen molar-refractivity contribution in [2.75, 3.05) is 13.1 Å². The van der Waals surface area contributed by atoms with Crippen LogP contribution in [0.3, 0.4) is 0 Å². The molecule has 0 unspecified atom stereocenters. The molecule has 0 aliphatic carbocycles. The second kappa shape index (κ2) is 6.03. The molecule has 1 amide bonds. The second-order valence-electron chi connectivity index (χ2n) is 5.92.